The van der Waals surface area contributed by atoms with Crippen LogP contribution in [0.15, 0.2) is 24.3 Å². The van der Waals surface area contributed by atoms with Crippen molar-refractivity contribution in [3.8, 4) is 0 Å². The van der Waals surface area contributed by atoms with Crippen molar-refractivity contribution >= 4 is 11.6 Å². The maximum atomic E-state index is 12.5. The number of nitro benzene ring substituents is 1. The maximum Gasteiger partial charge on any atom is 0.269 e. The molecule has 1 rings (SSSR count). The van der Waals surface area contributed by atoms with Crippen molar-refractivity contribution in [1.29, 1.82) is 0 Å². The molecule has 1 amide bonds. The van der Waals surface area contributed by atoms with Crippen LogP contribution in [-0.2, 0) is 0 Å². The van der Waals surface area contributed by atoms with Crippen molar-refractivity contribution in [2.45, 2.75) is 71.6 Å². The molecule has 0 aliphatic carbocycles. The van der Waals surface area contributed by atoms with Crippen LogP contribution >= 0.6 is 0 Å². The van der Waals surface area contributed by atoms with Crippen LogP contribution in [0.3, 0.4) is 0 Å². The number of nitrogens with zero attached hydrogens (tertiary/aromatic N) is 2. The van der Waals surface area contributed by atoms with Crippen molar-refractivity contribution in [3.05, 3.63) is 39.9 Å². The summed E-state index contributed by atoms with van der Waals surface area (Å²) in [5, 5.41) is 10.7. The van der Waals surface area contributed by atoms with Crippen molar-refractivity contribution in [2.75, 3.05) is 13.1 Å². The first kappa shape index (κ1) is 21.1. The van der Waals surface area contributed by atoms with E-state index < -0.39 is 4.92 Å². The van der Waals surface area contributed by atoms with Crippen molar-refractivity contribution in [3.63, 3.8) is 0 Å². The molecule has 0 unspecified atom stereocenters. The van der Waals surface area contributed by atoms with Crippen LogP contribution in [-0.4, -0.2) is 28.8 Å². The van der Waals surface area contributed by atoms with E-state index in [2.05, 4.69) is 6.92 Å². The van der Waals surface area contributed by atoms with E-state index in [0.29, 0.717) is 12.1 Å². The third-order valence-corrected chi connectivity index (χ3v) is 4.53. The molecule has 1 aromatic rings. The fourth-order valence-corrected chi connectivity index (χ4v) is 2.92. The zero-order chi connectivity index (χ0) is 18.5. The number of carbonyl (C=O) groups is 1. The molecule has 5 heteroatoms. The average molecular weight is 348 g/mol. The monoisotopic (exact) mass is 348 g/mol. The molecule has 0 aliphatic heterocycles. The molecule has 0 heterocycles. The van der Waals surface area contributed by atoms with Gasteiger partial charge in [-0.3, -0.25) is 14.9 Å². The SMILES string of the molecule is CCCCCCCCCCCN(CC)C(=O)c1ccc([N+](=O)[O-])cc1. The minimum Gasteiger partial charge on any atom is -0.339 e. The van der Waals surface area contributed by atoms with E-state index in [1.165, 1.54) is 57.1 Å². The van der Waals surface area contributed by atoms with Gasteiger partial charge in [0.15, 0.2) is 0 Å². The molecule has 0 spiro atoms. The highest BCUT2D eigenvalue weighted by molar-refractivity contribution is 5.94. The van der Waals surface area contributed by atoms with Crippen LogP contribution < -0.4 is 0 Å². The normalized spacial score (nSPS) is 10.6. The van der Waals surface area contributed by atoms with E-state index in [4.69, 9.17) is 0 Å². The summed E-state index contributed by atoms with van der Waals surface area (Å²) in [6.07, 6.45) is 11.3. The van der Waals surface area contributed by atoms with E-state index in [1.54, 1.807) is 12.1 Å². The first-order valence-corrected chi connectivity index (χ1v) is 9.63. The van der Waals surface area contributed by atoms with Gasteiger partial charge < -0.3 is 4.90 Å². The molecule has 0 radical (unpaired) electrons. The summed E-state index contributed by atoms with van der Waals surface area (Å²) < 4.78 is 0. The molecule has 0 atom stereocenters. The lowest BCUT2D eigenvalue weighted by atomic mass is 10.1. The van der Waals surface area contributed by atoms with Crippen molar-refractivity contribution in [1.82, 2.24) is 4.90 Å². The Kier molecular flexibility index (Phi) is 10.5. The minimum absolute atomic E-state index is 0.0125. The summed E-state index contributed by atoms with van der Waals surface area (Å²) in [5.74, 6) is -0.0445. The predicted molar refractivity (Wildman–Crippen MR) is 102 cm³/mol. The number of rotatable bonds is 13. The number of hydrogen-bond donors (Lipinski definition) is 0. The summed E-state index contributed by atoms with van der Waals surface area (Å²) in [6.45, 7) is 5.61. The van der Waals surface area contributed by atoms with Crippen LogP contribution in [0, 0.1) is 10.1 Å². The Balaban J connectivity index is 2.28. The highest BCUT2D eigenvalue weighted by atomic mass is 16.6. The summed E-state index contributed by atoms with van der Waals surface area (Å²) in [5.41, 5.74) is 0.530. The van der Waals surface area contributed by atoms with Gasteiger partial charge in [-0.15, -0.1) is 0 Å². The Morgan fingerprint density at radius 1 is 0.920 bits per heavy atom. The molecule has 25 heavy (non-hydrogen) atoms. The second kappa shape index (κ2) is 12.5. The van der Waals surface area contributed by atoms with Crippen LogP contribution in [0.1, 0.15) is 82.0 Å². The number of nitro groups is 1. The first-order valence-electron chi connectivity index (χ1n) is 9.63. The van der Waals surface area contributed by atoms with E-state index in [1.807, 2.05) is 11.8 Å². The van der Waals surface area contributed by atoms with Gasteiger partial charge in [0.1, 0.15) is 0 Å². The average Bonchev–Trinajstić information content (AvgIpc) is 2.63. The molecular weight excluding hydrogens is 316 g/mol. The lowest BCUT2D eigenvalue weighted by Crippen LogP contribution is -2.31. The Labute approximate surface area is 151 Å². The van der Waals surface area contributed by atoms with Gasteiger partial charge in [-0.2, -0.15) is 0 Å². The third-order valence-electron chi connectivity index (χ3n) is 4.53. The fourth-order valence-electron chi connectivity index (χ4n) is 2.92. The first-order chi connectivity index (χ1) is 12.1. The standard InChI is InChI=1S/C20H32N2O3/c1-3-5-6-7-8-9-10-11-12-17-21(4-2)20(23)18-13-15-19(16-14-18)22(24)25/h13-16H,3-12,17H2,1-2H3. The summed E-state index contributed by atoms with van der Waals surface area (Å²) >= 11 is 0. The summed E-state index contributed by atoms with van der Waals surface area (Å²) in [4.78, 5) is 24.5. The van der Waals surface area contributed by atoms with E-state index in [9.17, 15) is 14.9 Å². The van der Waals surface area contributed by atoms with Crippen molar-refractivity contribution < 1.29 is 9.72 Å². The molecule has 0 aromatic heterocycles. The van der Waals surface area contributed by atoms with Crippen molar-refractivity contribution in [2.24, 2.45) is 0 Å². The van der Waals surface area contributed by atoms with E-state index in [-0.39, 0.29) is 11.6 Å². The summed E-state index contributed by atoms with van der Waals surface area (Å²) in [6, 6.07) is 5.86. The topological polar surface area (TPSA) is 63.5 Å². The van der Waals surface area contributed by atoms with Gasteiger partial charge >= 0.3 is 0 Å². The zero-order valence-electron chi connectivity index (χ0n) is 15.7. The fraction of sp³-hybridized carbons (Fsp3) is 0.650. The van der Waals surface area contributed by atoms with Gasteiger partial charge in [0.25, 0.3) is 11.6 Å². The molecule has 1 aromatic carbocycles. The molecular formula is C20H32N2O3. The second-order valence-electron chi connectivity index (χ2n) is 6.52. The van der Waals surface area contributed by atoms with Gasteiger partial charge in [-0.25, -0.2) is 0 Å². The van der Waals surface area contributed by atoms with Crippen LogP contribution in [0.5, 0.6) is 0 Å². The van der Waals surface area contributed by atoms with Crippen LogP contribution in [0.25, 0.3) is 0 Å². The van der Waals surface area contributed by atoms with Gasteiger partial charge in [0.2, 0.25) is 0 Å². The molecule has 0 saturated heterocycles. The van der Waals surface area contributed by atoms with Crippen LogP contribution in [0.4, 0.5) is 5.69 Å². The lowest BCUT2D eigenvalue weighted by molar-refractivity contribution is -0.384. The molecule has 0 fully saturated rings. The van der Waals surface area contributed by atoms with E-state index >= 15 is 0 Å². The lowest BCUT2D eigenvalue weighted by Gasteiger charge is -2.21. The number of hydrogen-bond acceptors (Lipinski definition) is 3. The van der Waals surface area contributed by atoms with E-state index in [0.717, 1.165) is 19.4 Å². The smallest absolute Gasteiger partial charge is 0.269 e. The summed E-state index contributed by atoms with van der Waals surface area (Å²) in [7, 11) is 0. The predicted octanol–water partition coefficient (Wildman–Crippen LogP) is 5.59. The third kappa shape index (κ3) is 8.14. The number of unbranched alkanes of at least 4 members (excludes halogenated alkanes) is 8. The van der Waals surface area contributed by atoms with Gasteiger partial charge in [0, 0.05) is 30.8 Å². The second-order valence-corrected chi connectivity index (χ2v) is 6.52. The Morgan fingerprint density at radius 3 is 1.92 bits per heavy atom. The minimum atomic E-state index is -0.450. The van der Waals surface area contributed by atoms with Gasteiger partial charge in [-0.05, 0) is 25.5 Å². The molecule has 5 nitrogen and oxygen atoms in total. The number of amides is 1. The van der Waals surface area contributed by atoms with Gasteiger partial charge in [-0.1, -0.05) is 58.3 Å². The maximum absolute atomic E-state index is 12.5. The Hall–Kier alpha value is -1.91. The van der Waals surface area contributed by atoms with Gasteiger partial charge in [0.05, 0.1) is 4.92 Å². The zero-order valence-corrected chi connectivity index (χ0v) is 15.7. The number of benzene rings is 1. The molecule has 0 aliphatic rings. The molecule has 0 bridgehead atoms. The quantitative estimate of drug-likeness (QED) is 0.265. The molecule has 140 valence electrons. The Morgan fingerprint density at radius 2 is 1.44 bits per heavy atom. The highest BCUT2D eigenvalue weighted by Crippen LogP contribution is 2.15. The number of non-ortho nitro benzene ring substituents is 1. The molecule has 0 saturated carbocycles. The van der Waals surface area contributed by atoms with Crippen LogP contribution in [0.2, 0.25) is 0 Å². The highest BCUT2D eigenvalue weighted by Gasteiger charge is 2.15. The Bertz CT molecular complexity index is 514. The number of carbonyl (C=O) groups excluding carboxylic acids is 1. The largest absolute Gasteiger partial charge is 0.339 e. The molecule has 0 N–H and O–H groups in total.